The van der Waals surface area contributed by atoms with Gasteiger partial charge in [0.25, 0.3) is 0 Å². The van der Waals surface area contributed by atoms with Crippen molar-refractivity contribution in [1.29, 1.82) is 0 Å². The summed E-state index contributed by atoms with van der Waals surface area (Å²) in [4.78, 5) is 15.5. The number of rotatable bonds is 3. The van der Waals surface area contributed by atoms with Crippen molar-refractivity contribution in [3.05, 3.63) is 47.5 Å². The molecule has 9 heteroatoms. The number of hydrogen-bond acceptors (Lipinski definition) is 7. The SMILES string of the molecule is CC1(C)OB(c2cc3ncnc4c3c(c2Cl)OCCN4Cc2cccnc2)OC1(C)C. The molecule has 0 spiro atoms. The van der Waals surface area contributed by atoms with Crippen molar-refractivity contribution in [1.82, 2.24) is 15.0 Å². The third-order valence-electron chi connectivity index (χ3n) is 6.34. The molecule has 0 atom stereocenters. The third kappa shape index (κ3) is 3.43. The summed E-state index contributed by atoms with van der Waals surface area (Å²) in [5, 5.41) is 1.28. The van der Waals surface area contributed by atoms with E-state index >= 15 is 0 Å². The van der Waals surface area contributed by atoms with E-state index in [-0.39, 0.29) is 0 Å². The molecule has 0 saturated carbocycles. The second kappa shape index (κ2) is 7.33. The summed E-state index contributed by atoms with van der Waals surface area (Å²) in [7, 11) is -0.602. The Morgan fingerprint density at radius 2 is 1.94 bits per heavy atom. The Kier molecular flexibility index (Phi) is 4.84. The van der Waals surface area contributed by atoms with Gasteiger partial charge in [-0.3, -0.25) is 4.98 Å². The fourth-order valence-electron chi connectivity index (χ4n) is 3.91. The van der Waals surface area contributed by atoms with E-state index in [2.05, 4.69) is 19.9 Å². The first kappa shape index (κ1) is 20.5. The van der Waals surface area contributed by atoms with Gasteiger partial charge in [0.15, 0.2) is 5.75 Å². The largest absolute Gasteiger partial charge is 0.496 e. The fourth-order valence-corrected chi connectivity index (χ4v) is 4.21. The highest BCUT2D eigenvalue weighted by molar-refractivity contribution is 6.66. The van der Waals surface area contributed by atoms with E-state index in [9.17, 15) is 0 Å². The van der Waals surface area contributed by atoms with Crippen LogP contribution in [0, 0.1) is 0 Å². The molecule has 7 nitrogen and oxygen atoms in total. The summed E-state index contributed by atoms with van der Waals surface area (Å²) in [5.74, 6) is 1.37. The zero-order chi connectivity index (χ0) is 21.8. The maximum absolute atomic E-state index is 6.87. The lowest BCUT2D eigenvalue weighted by Gasteiger charge is -2.32. The molecular weight excluding hydrogens is 415 g/mol. The van der Waals surface area contributed by atoms with Crippen LogP contribution in [0.5, 0.6) is 5.75 Å². The lowest BCUT2D eigenvalue weighted by atomic mass is 9.78. The number of halogens is 1. The van der Waals surface area contributed by atoms with E-state index in [1.54, 1.807) is 12.5 Å². The van der Waals surface area contributed by atoms with Crippen LogP contribution in [0.4, 0.5) is 5.82 Å². The molecule has 0 amide bonds. The number of pyridine rings is 1. The predicted octanol–water partition coefficient (Wildman–Crippen LogP) is 3.38. The number of nitrogens with zero attached hydrogens (tertiary/aromatic N) is 4. The van der Waals surface area contributed by atoms with Crippen molar-refractivity contribution >= 4 is 40.9 Å². The van der Waals surface area contributed by atoms with Crippen LogP contribution < -0.4 is 15.1 Å². The van der Waals surface area contributed by atoms with Crippen LogP contribution in [0.2, 0.25) is 5.02 Å². The number of hydrogen-bond donors (Lipinski definition) is 0. The summed E-state index contributed by atoms with van der Waals surface area (Å²) in [5.41, 5.74) is 1.61. The molecule has 0 radical (unpaired) electrons. The molecule has 0 N–H and O–H groups in total. The molecule has 2 aliphatic heterocycles. The van der Waals surface area contributed by atoms with E-state index in [0.717, 1.165) is 22.3 Å². The van der Waals surface area contributed by atoms with Gasteiger partial charge in [0.05, 0.1) is 33.7 Å². The second-order valence-electron chi connectivity index (χ2n) is 8.92. The standard InChI is InChI=1S/C22H24BClN4O3/c1-21(2)22(3,4)31-23(30-21)15-10-16-17-19(18(15)24)29-9-8-28(20(17)27-13-26-16)12-14-6-5-7-25-11-14/h5-7,10-11,13H,8-9,12H2,1-4H3. The second-order valence-corrected chi connectivity index (χ2v) is 9.30. The summed E-state index contributed by atoms with van der Waals surface area (Å²) >= 11 is 6.87. The quantitative estimate of drug-likeness (QED) is 0.581. The molecule has 160 valence electrons. The molecule has 2 aliphatic rings. The molecule has 2 aromatic heterocycles. The molecule has 0 bridgehead atoms. The zero-order valence-corrected chi connectivity index (χ0v) is 18.8. The van der Waals surface area contributed by atoms with Crippen LogP contribution in [0.3, 0.4) is 0 Å². The van der Waals surface area contributed by atoms with Crippen molar-refractivity contribution < 1.29 is 14.0 Å². The first-order valence-corrected chi connectivity index (χ1v) is 10.7. The molecule has 1 saturated heterocycles. The van der Waals surface area contributed by atoms with Crippen LogP contribution in [0.1, 0.15) is 33.3 Å². The van der Waals surface area contributed by atoms with Crippen molar-refractivity contribution in [2.24, 2.45) is 0 Å². The van der Waals surface area contributed by atoms with Gasteiger partial charge in [-0.1, -0.05) is 17.7 Å². The molecule has 1 fully saturated rings. The Bertz CT molecular complexity index is 1130. The van der Waals surface area contributed by atoms with E-state index < -0.39 is 18.3 Å². The van der Waals surface area contributed by atoms with Crippen LogP contribution in [0.15, 0.2) is 36.9 Å². The molecule has 1 aromatic carbocycles. The van der Waals surface area contributed by atoms with Crippen molar-refractivity contribution in [3.8, 4) is 5.75 Å². The van der Waals surface area contributed by atoms with Crippen LogP contribution in [-0.4, -0.2) is 46.4 Å². The average molecular weight is 439 g/mol. The van der Waals surface area contributed by atoms with Gasteiger partial charge < -0.3 is 18.9 Å². The van der Waals surface area contributed by atoms with Crippen molar-refractivity contribution in [2.75, 3.05) is 18.1 Å². The minimum Gasteiger partial charge on any atom is -0.489 e. The molecule has 31 heavy (non-hydrogen) atoms. The highest BCUT2D eigenvalue weighted by Crippen LogP contribution is 2.42. The van der Waals surface area contributed by atoms with E-state index in [0.29, 0.717) is 35.9 Å². The first-order chi connectivity index (χ1) is 14.8. The Labute approximate surface area is 186 Å². The minimum absolute atomic E-state index is 0.470. The maximum Gasteiger partial charge on any atom is 0.496 e. The first-order valence-electron chi connectivity index (χ1n) is 10.4. The lowest BCUT2D eigenvalue weighted by Crippen LogP contribution is -2.41. The van der Waals surface area contributed by atoms with Crippen LogP contribution in [-0.2, 0) is 15.9 Å². The van der Waals surface area contributed by atoms with Gasteiger partial charge >= 0.3 is 7.12 Å². The number of ether oxygens (including phenoxy) is 1. The van der Waals surface area contributed by atoms with Crippen molar-refractivity contribution in [3.63, 3.8) is 0 Å². The topological polar surface area (TPSA) is 69.6 Å². The molecule has 5 rings (SSSR count). The summed E-state index contributed by atoms with van der Waals surface area (Å²) < 4.78 is 18.6. The van der Waals surface area contributed by atoms with Gasteiger partial charge in [-0.25, -0.2) is 9.97 Å². The zero-order valence-electron chi connectivity index (χ0n) is 18.1. The number of benzene rings is 1. The van der Waals surface area contributed by atoms with Crippen molar-refractivity contribution in [2.45, 2.75) is 45.4 Å². The van der Waals surface area contributed by atoms with Gasteiger partial charge in [-0.15, -0.1) is 0 Å². The van der Waals surface area contributed by atoms with Gasteiger partial charge in [-0.05, 0) is 45.4 Å². The highest BCUT2D eigenvalue weighted by atomic mass is 35.5. The molecule has 0 aliphatic carbocycles. The summed E-state index contributed by atoms with van der Waals surface area (Å²) in [6, 6.07) is 5.90. The predicted molar refractivity (Wildman–Crippen MR) is 121 cm³/mol. The summed E-state index contributed by atoms with van der Waals surface area (Å²) in [6.45, 7) is 9.87. The maximum atomic E-state index is 6.87. The number of anilines is 1. The molecule has 3 aromatic rings. The lowest BCUT2D eigenvalue weighted by molar-refractivity contribution is 0.00578. The minimum atomic E-state index is -0.602. The van der Waals surface area contributed by atoms with Gasteiger partial charge in [0.2, 0.25) is 0 Å². The fraction of sp³-hybridized carbons (Fsp3) is 0.409. The Morgan fingerprint density at radius 1 is 1.16 bits per heavy atom. The van der Waals surface area contributed by atoms with Gasteiger partial charge in [0.1, 0.15) is 18.8 Å². The third-order valence-corrected chi connectivity index (χ3v) is 6.73. The molecule has 4 heterocycles. The van der Waals surface area contributed by atoms with E-state index in [4.69, 9.17) is 25.6 Å². The van der Waals surface area contributed by atoms with Crippen LogP contribution in [0.25, 0.3) is 10.9 Å². The highest BCUT2D eigenvalue weighted by Gasteiger charge is 2.52. The van der Waals surface area contributed by atoms with Gasteiger partial charge in [0, 0.05) is 24.4 Å². The normalized spacial score (nSPS) is 19.4. The van der Waals surface area contributed by atoms with Crippen LogP contribution >= 0.6 is 11.6 Å². The number of aromatic nitrogens is 3. The monoisotopic (exact) mass is 438 g/mol. The average Bonchev–Trinajstić information content (AvgIpc) is 2.85. The smallest absolute Gasteiger partial charge is 0.489 e. The Balaban J connectivity index is 1.60. The Morgan fingerprint density at radius 3 is 2.65 bits per heavy atom. The Hall–Kier alpha value is -2.42. The van der Waals surface area contributed by atoms with E-state index in [1.807, 2.05) is 52.1 Å². The van der Waals surface area contributed by atoms with Gasteiger partial charge in [-0.2, -0.15) is 0 Å². The summed E-state index contributed by atoms with van der Waals surface area (Å²) in [6.07, 6.45) is 5.20. The molecule has 0 unspecified atom stereocenters. The molecular formula is C22H24BClN4O3. The van der Waals surface area contributed by atoms with E-state index in [1.165, 1.54) is 0 Å².